The van der Waals surface area contributed by atoms with Crippen LogP contribution in [-0.4, -0.2) is 22.0 Å². The van der Waals surface area contributed by atoms with E-state index < -0.39 is 0 Å². The number of para-hydroxylation sites is 1. The van der Waals surface area contributed by atoms with Crippen LogP contribution >= 0.6 is 0 Å². The lowest BCUT2D eigenvalue weighted by Crippen LogP contribution is -2.47. The minimum Gasteiger partial charge on any atom is -0.356 e. The first kappa shape index (κ1) is 18.8. The number of amides is 1. The second kappa shape index (κ2) is 7.26. The van der Waals surface area contributed by atoms with Gasteiger partial charge in [0.15, 0.2) is 0 Å². The van der Waals surface area contributed by atoms with E-state index in [1.165, 1.54) is 38.5 Å². The topological polar surface area (TPSA) is 64.0 Å². The van der Waals surface area contributed by atoms with Crippen LogP contribution in [0, 0.1) is 30.1 Å². The molecule has 1 amide bonds. The van der Waals surface area contributed by atoms with E-state index in [0.29, 0.717) is 23.8 Å². The monoisotopic (exact) mass is 393 g/mol. The number of nitrogens with zero attached hydrogens (tertiary/aromatic N) is 2. The van der Waals surface area contributed by atoms with Crippen molar-refractivity contribution in [2.45, 2.75) is 64.8 Å². The minimum absolute atomic E-state index is 0.0333. The second-order valence-corrected chi connectivity index (χ2v) is 9.98. The maximum absolute atomic E-state index is 12.7. The van der Waals surface area contributed by atoms with Crippen LogP contribution < -0.4 is 10.9 Å². The van der Waals surface area contributed by atoms with Gasteiger partial charge in [0, 0.05) is 19.5 Å². The third-order valence-electron chi connectivity index (χ3n) is 7.78. The van der Waals surface area contributed by atoms with Crippen molar-refractivity contribution in [1.29, 1.82) is 0 Å². The number of rotatable bonds is 6. The summed E-state index contributed by atoms with van der Waals surface area (Å²) in [6.45, 7) is 3.10. The van der Waals surface area contributed by atoms with E-state index in [-0.39, 0.29) is 11.5 Å². The standard InChI is InChI=1S/C24H31N3O2/c1-16-3-2-4-20-22(16)26-15-27(23(20)29)8-5-21(28)25-7-6-24-12-17-9-18(13-24)11-19(10-17)14-24/h2-4,15,17-19H,5-14H2,1H3,(H,25,28). The Morgan fingerprint density at radius 2 is 1.86 bits per heavy atom. The molecule has 0 aliphatic heterocycles. The first-order valence-electron chi connectivity index (χ1n) is 11.2. The molecule has 6 rings (SSSR count). The highest BCUT2D eigenvalue weighted by Crippen LogP contribution is 2.61. The Kier molecular flexibility index (Phi) is 4.72. The third-order valence-corrected chi connectivity index (χ3v) is 7.78. The molecule has 5 nitrogen and oxygen atoms in total. The van der Waals surface area contributed by atoms with E-state index >= 15 is 0 Å². The van der Waals surface area contributed by atoms with E-state index in [1.807, 2.05) is 19.1 Å². The van der Waals surface area contributed by atoms with Gasteiger partial charge in [0.1, 0.15) is 0 Å². The summed E-state index contributed by atoms with van der Waals surface area (Å²) in [6.07, 6.45) is 11.5. The van der Waals surface area contributed by atoms with E-state index in [4.69, 9.17) is 0 Å². The summed E-state index contributed by atoms with van der Waals surface area (Å²) in [5.74, 6) is 2.89. The molecule has 154 valence electrons. The molecule has 4 aliphatic carbocycles. The molecular weight excluding hydrogens is 362 g/mol. The van der Waals surface area contributed by atoms with Gasteiger partial charge in [0.2, 0.25) is 5.91 Å². The van der Waals surface area contributed by atoms with Crippen molar-refractivity contribution in [2.75, 3.05) is 6.54 Å². The first-order valence-corrected chi connectivity index (χ1v) is 11.2. The molecule has 1 N–H and O–H groups in total. The van der Waals surface area contributed by atoms with Gasteiger partial charge < -0.3 is 5.32 Å². The lowest BCUT2D eigenvalue weighted by atomic mass is 9.49. The molecule has 4 aliphatic rings. The predicted molar refractivity (Wildman–Crippen MR) is 114 cm³/mol. The molecule has 0 unspecified atom stereocenters. The van der Waals surface area contributed by atoms with Crippen molar-refractivity contribution in [1.82, 2.24) is 14.9 Å². The van der Waals surface area contributed by atoms with Crippen molar-refractivity contribution in [2.24, 2.45) is 23.2 Å². The van der Waals surface area contributed by atoms with Crippen molar-refractivity contribution in [3.8, 4) is 0 Å². The van der Waals surface area contributed by atoms with E-state index in [0.717, 1.165) is 41.8 Å². The lowest BCUT2D eigenvalue weighted by molar-refractivity contribution is -0.121. The Morgan fingerprint density at radius 3 is 2.55 bits per heavy atom. The molecule has 4 bridgehead atoms. The van der Waals surface area contributed by atoms with Crippen molar-refractivity contribution < 1.29 is 4.79 Å². The maximum atomic E-state index is 12.7. The average Bonchev–Trinajstić information content (AvgIpc) is 2.67. The number of aryl methyl sites for hydroxylation is 2. The van der Waals surface area contributed by atoms with Gasteiger partial charge in [-0.1, -0.05) is 12.1 Å². The lowest BCUT2D eigenvalue weighted by Gasteiger charge is -2.57. The summed E-state index contributed by atoms with van der Waals surface area (Å²) in [4.78, 5) is 29.5. The van der Waals surface area contributed by atoms with E-state index in [9.17, 15) is 9.59 Å². The van der Waals surface area contributed by atoms with Crippen LogP contribution in [0.25, 0.3) is 10.9 Å². The zero-order chi connectivity index (χ0) is 20.0. The molecular formula is C24H31N3O2. The summed E-state index contributed by atoms with van der Waals surface area (Å²) >= 11 is 0. The molecule has 0 spiro atoms. The predicted octanol–water partition coefficient (Wildman–Crippen LogP) is 3.82. The average molecular weight is 394 g/mol. The summed E-state index contributed by atoms with van der Waals surface area (Å²) in [7, 11) is 0. The molecule has 0 atom stereocenters. The zero-order valence-corrected chi connectivity index (χ0v) is 17.3. The molecule has 1 aromatic carbocycles. The van der Waals surface area contributed by atoms with Gasteiger partial charge in [-0.25, -0.2) is 4.98 Å². The van der Waals surface area contributed by atoms with Gasteiger partial charge >= 0.3 is 0 Å². The highest BCUT2D eigenvalue weighted by Gasteiger charge is 2.50. The van der Waals surface area contributed by atoms with Crippen molar-refractivity contribution >= 4 is 16.8 Å². The molecule has 0 saturated heterocycles. The molecule has 4 saturated carbocycles. The number of fused-ring (bicyclic) bond motifs is 1. The number of carbonyl (C=O) groups is 1. The number of hydrogen-bond donors (Lipinski definition) is 1. The number of nitrogens with one attached hydrogen (secondary N) is 1. The Labute approximate surface area is 171 Å². The fourth-order valence-corrected chi connectivity index (χ4v) is 6.87. The van der Waals surface area contributed by atoms with Gasteiger partial charge in [0.05, 0.1) is 17.2 Å². The van der Waals surface area contributed by atoms with Gasteiger partial charge in [-0.05, 0) is 86.7 Å². The normalized spacial score (nSPS) is 30.0. The van der Waals surface area contributed by atoms with Crippen LogP contribution in [-0.2, 0) is 11.3 Å². The fourth-order valence-electron chi connectivity index (χ4n) is 6.87. The van der Waals surface area contributed by atoms with Gasteiger partial charge in [-0.3, -0.25) is 14.2 Å². The second-order valence-electron chi connectivity index (χ2n) is 9.98. The molecule has 2 aromatic rings. The first-order chi connectivity index (χ1) is 14.0. The van der Waals surface area contributed by atoms with Crippen LogP contribution in [0.15, 0.2) is 29.3 Å². The zero-order valence-electron chi connectivity index (χ0n) is 17.3. The summed E-state index contributed by atoms with van der Waals surface area (Å²) in [6, 6.07) is 5.64. The molecule has 4 fully saturated rings. The number of benzene rings is 1. The van der Waals surface area contributed by atoms with Crippen LogP contribution in [0.2, 0.25) is 0 Å². The summed E-state index contributed by atoms with van der Waals surface area (Å²) < 4.78 is 1.56. The molecule has 0 radical (unpaired) electrons. The Bertz CT molecular complexity index is 958. The Hall–Kier alpha value is -2.17. The van der Waals surface area contributed by atoms with E-state index in [1.54, 1.807) is 17.0 Å². The highest BCUT2D eigenvalue weighted by atomic mass is 16.1. The van der Waals surface area contributed by atoms with Gasteiger partial charge in [-0.2, -0.15) is 0 Å². The van der Waals surface area contributed by atoms with Crippen LogP contribution in [0.3, 0.4) is 0 Å². The number of aromatic nitrogens is 2. The largest absolute Gasteiger partial charge is 0.356 e. The Morgan fingerprint density at radius 1 is 1.17 bits per heavy atom. The third kappa shape index (κ3) is 3.60. The molecule has 5 heteroatoms. The van der Waals surface area contributed by atoms with Crippen molar-refractivity contribution in [3.63, 3.8) is 0 Å². The van der Waals surface area contributed by atoms with Gasteiger partial charge in [-0.15, -0.1) is 0 Å². The fraction of sp³-hybridized carbons (Fsp3) is 0.625. The summed E-state index contributed by atoms with van der Waals surface area (Å²) in [5, 5.41) is 3.74. The van der Waals surface area contributed by atoms with Crippen LogP contribution in [0.5, 0.6) is 0 Å². The summed E-state index contributed by atoms with van der Waals surface area (Å²) in [5.41, 5.74) is 2.17. The number of carbonyl (C=O) groups excluding carboxylic acids is 1. The highest BCUT2D eigenvalue weighted by molar-refractivity contribution is 5.80. The maximum Gasteiger partial charge on any atom is 0.261 e. The number of hydrogen-bond acceptors (Lipinski definition) is 3. The Balaban J connectivity index is 1.15. The molecule has 1 aromatic heterocycles. The smallest absolute Gasteiger partial charge is 0.261 e. The van der Waals surface area contributed by atoms with Crippen LogP contribution in [0.4, 0.5) is 0 Å². The van der Waals surface area contributed by atoms with Gasteiger partial charge in [0.25, 0.3) is 5.56 Å². The van der Waals surface area contributed by atoms with Crippen molar-refractivity contribution in [3.05, 3.63) is 40.4 Å². The van der Waals surface area contributed by atoms with E-state index in [2.05, 4.69) is 10.3 Å². The van der Waals surface area contributed by atoms with Crippen LogP contribution in [0.1, 0.15) is 56.9 Å². The minimum atomic E-state index is -0.0694. The molecule has 1 heterocycles. The molecule has 29 heavy (non-hydrogen) atoms. The SMILES string of the molecule is Cc1cccc2c(=O)n(CCC(=O)NCCC34CC5CC(CC(C5)C3)C4)cnc12. The quantitative estimate of drug-likeness (QED) is 0.811.